The van der Waals surface area contributed by atoms with Crippen LogP contribution in [0.2, 0.25) is 0 Å². The molecule has 2 aromatic rings. The predicted molar refractivity (Wildman–Crippen MR) is 128 cm³/mol. The van der Waals surface area contributed by atoms with E-state index in [0.29, 0.717) is 12.8 Å². The van der Waals surface area contributed by atoms with Crippen molar-refractivity contribution in [1.29, 1.82) is 0 Å². The van der Waals surface area contributed by atoms with Gasteiger partial charge in [0.2, 0.25) is 0 Å². The summed E-state index contributed by atoms with van der Waals surface area (Å²) >= 11 is 0. The van der Waals surface area contributed by atoms with Crippen LogP contribution in [0.5, 0.6) is 5.75 Å². The summed E-state index contributed by atoms with van der Waals surface area (Å²) in [5, 5.41) is 19.3. The van der Waals surface area contributed by atoms with Crippen molar-refractivity contribution in [3.63, 3.8) is 0 Å². The Bertz CT molecular complexity index is 1120. The van der Waals surface area contributed by atoms with Crippen molar-refractivity contribution < 1.29 is 33.1 Å². The quantitative estimate of drug-likeness (QED) is 0.405. The van der Waals surface area contributed by atoms with Gasteiger partial charge in [-0.05, 0) is 75.9 Å². The number of carbonyl (C=O) groups is 2. The van der Waals surface area contributed by atoms with E-state index in [4.69, 9.17) is 4.74 Å². The van der Waals surface area contributed by atoms with Gasteiger partial charge in [-0.15, -0.1) is 0 Å². The Morgan fingerprint density at radius 3 is 2.14 bits per heavy atom. The summed E-state index contributed by atoms with van der Waals surface area (Å²) in [5.74, 6) is -1.49. The molecule has 0 bridgehead atoms. The first kappa shape index (κ1) is 26.3. The second-order valence-electron chi connectivity index (χ2n) is 9.36. The molecule has 10 nitrogen and oxygen atoms in total. The number of phenols is 1. The van der Waals surface area contributed by atoms with E-state index in [1.807, 2.05) is 0 Å². The topological polar surface area (TPSA) is 136 Å². The number of sulfonamides is 1. The monoisotopic (exact) mass is 505 g/mol. The molecule has 11 heteroatoms. The van der Waals surface area contributed by atoms with E-state index >= 15 is 0 Å². The van der Waals surface area contributed by atoms with Gasteiger partial charge in [-0.3, -0.25) is 14.3 Å². The Hall–Kier alpha value is -3.31. The predicted octanol–water partition coefficient (Wildman–Crippen LogP) is 3.11. The fourth-order valence-electron chi connectivity index (χ4n) is 4.06. The van der Waals surface area contributed by atoms with Gasteiger partial charge in [-0.2, -0.15) is 0 Å². The van der Waals surface area contributed by atoms with Crippen LogP contribution in [-0.2, 0) is 19.6 Å². The van der Waals surface area contributed by atoms with Gasteiger partial charge in [0, 0.05) is 13.1 Å². The van der Waals surface area contributed by atoms with Crippen LogP contribution in [0.3, 0.4) is 0 Å². The van der Waals surface area contributed by atoms with Crippen LogP contribution in [-0.4, -0.2) is 60.4 Å². The molecule has 0 spiro atoms. The first-order valence-electron chi connectivity index (χ1n) is 11.2. The number of rotatable bonds is 6. The second kappa shape index (κ2) is 10.5. The molecule has 1 aliphatic rings. The lowest BCUT2D eigenvalue weighted by Crippen LogP contribution is -2.55. The van der Waals surface area contributed by atoms with Crippen LogP contribution >= 0.6 is 0 Å². The van der Waals surface area contributed by atoms with Crippen molar-refractivity contribution in [2.45, 2.75) is 50.2 Å². The van der Waals surface area contributed by atoms with Gasteiger partial charge in [0.15, 0.2) is 0 Å². The minimum Gasteiger partial charge on any atom is -0.508 e. The van der Waals surface area contributed by atoms with Crippen LogP contribution in [0.25, 0.3) is 0 Å². The highest BCUT2D eigenvalue weighted by Gasteiger charge is 2.43. The minimum absolute atomic E-state index is 0.0324. The number of nitrogens with one attached hydrogen (secondary N) is 1. The number of carbonyl (C=O) groups excluding carboxylic acids is 2. The van der Waals surface area contributed by atoms with Gasteiger partial charge in [0.25, 0.3) is 15.9 Å². The highest BCUT2D eigenvalue weighted by molar-refractivity contribution is 7.93. The standard InChI is InChI=1S/C24H31N3O7S/c1-24(2,3)34-23(30)26-15-13-17(14-16-26)21(22(29)25-31)27(18-9-11-19(28)12-10-18)35(32,33)20-7-5-4-6-8-20/h4-12,17,21,28,31H,13-16H2,1-3H3,(H,25,29). The van der Waals surface area contributed by atoms with Gasteiger partial charge in [-0.1, -0.05) is 18.2 Å². The number of ether oxygens (including phenoxy) is 1. The molecular weight excluding hydrogens is 474 g/mol. The minimum atomic E-state index is -4.25. The number of phenolic OH excluding ortho intramolecular Hbond substituents is 1. The molecule has 1 heterocycles. The number of anilines is 1. The summed E-state index contributed by atoms with van der Waals surface area (Å²) in [7, 11) is -4.25. The average Bonchev–Trinajstić information content (AvgIpc) is 2.82. The summed E-state index contributed by atoms with van der Waals surface area (Å²) in [5.41, 5.74) is 1.10. The number of hydrogen-bond donors (Lipinski definition) is 3. The average molecular weight is 506 g/mol. The van der Waals surface area contributed by atoms with Gasteiger partial charge in [0.1, 0.15) is 17.4 Å². The molecule has 1 aliphatic heterocycles. The maximum absolute atomic E-state index is 13.8. The third-order valence-corrected chi connectivity index (χ3v) is 7.50. The molecule has 0 aliphatic carbocycles. The highest BCUT2D eigenvalue weighted by Crippen LogP contribution is 2.34. The van der Waals surface area contributed by atoms with Crippen molar-refractivity contribution in [3.8, 4) is 5.75 Å². The molecule has 2 aromatic carbocycles. The molecule has 3 N–H and O–H groups in total. The molecule has 1 saturated heterocycles. The van der Waals surface area contributed by atoms with E-state index < -0.39 is 39.6 Å². The number of piperidine rings is 1. The van der Waals surface area contributed by atoms with Crippen molar-refractivity contribution in [3.05, 3.63) is 54.6 Å². The van der Waals surface area contributed by atoms with Gasteiger partial charge in [-0.25, -0.2) is 18.7 Å². The molecule has 190 valence electrons. The molecule has 35 heavy (non-hydrogen) atoms. The number of amides is 2. The summed E-state index contributed by atoms with van der Waals surface area (Å²) in [6.45, 7) is 5.81. The summed E-state index contributed by atoms with van der Waals surface area (Å²) in [4.78, 5) is 26.9. The Morgan fingerprint density at radius 2 is 1.63 bits per heavy atom. The Morgan fingerprint density at radius 1 is 1.06 bits per heavy atom. The van der Waals surface area contributed by atoms with E-state index in [9.17, 15) is 28.3 Å². The van der Waals surface area contributed by atoms with E-state index in [0.717, 1.165) is 4.31 Å². The van der Waals surface area contributed by atoms with Crippen molar-refractivity contribution in [1.82, 2.24) is 10.4 Å². The molecular formula is C24H31N3O7S. The Kier molecular flexibility index (Phi) is 7.91. The lowest BCUT2D eigenvalue weighted by Gasteiger charge is -2.40. The number of nitrogens with zero attached hydrogens (tertiary/aromatic N) is 2. The molecule has 1 fully saturated rings. The molecule has 2 amide bonds. The summed E-state index contributed by atoms with van der Waals surface area (Å²) in [6.07, 6.45) is 0.123. The van der Waals surface area contributed by atoms with Gasteiger partial charge in [0.05, 0.1) is 10.6 Å². The highest BCUT2D eigenvalue weighted by atomic mass is 32.2. The van der Waals surface area contributed by atoms with E-state index in [-0.39, 0.29) is 29.4 Å². The van der Waals surface area contributed by atoms with Crippen LogP contribution in [0.4, 0.5) is 10.5 Å². The smallest absolute Gasteiger partial charge is 0.410 e. The van der Waals surface area contributed by atoms with Crippen LogP contribution in [0, 0.1) is 5.92 Å². The fourth-order valence-corrected chi connectivity index (χ4v) is 5.75. The molecule has 3 rings (SSSR count). The lowest BCUT2D eigenvalue weighted by atomic mass is 9.88. The van der Waals surface area contributed by atoms with Crippen LogP contribution in [0.15, 0.2) is 59.5 Å². The SMILES string of the molecule is CC(C)(C)OC(=O)N1CCC(C(C(=O)NO)N(c2ccc(O)cc2)S(=O)(=O)c2ccccc2)CC1. The number of aromatic hydroxyl groups is 1. The second-order valence-corrected chi connectivity index (χ2v) is 11.2. The van der Waals surface area contributed by atoms with Gasteiger partial charge >= 0.3 is 6.09 Å². The summed E-state index contributed by atoms with van der Waals surface area (Å²) < 4.78 is 33.9. The maximum Gasteiger partial charge on any atom is 0.410 e. The Labute approximate surface area is 205 Å². The normalized spacial score (nSPS) is 15.8. The lowest BCUT2D eigenvalue weighted by molar-refractivity contribution is -0.131. The van der Waals surface area contributed by atoms with E-state index in [1.165, 1.54) is 41.3 Å². The molecule has 0 saturated carbocycles. The zero-order chi connectivity index (χ0) is 25.8. The number of likely N-dealkylation sites (tertiary alicyclic amines) is 1. The van der Waals surface area contributed by atoms with Gasteiger partial charge < -0.3 is 14.7 Å². The molecule has 1 unspecified atom stereocenters. The zero-order valence-corrected chi connectivity index (χ0v) is 20.7. The van der Waals surface area contributed by atoms with E-state index in [2.05, 4.69) is 0 Å². The third-order valence-electron chi connectivity index (χ3n) is 5.67. The van der Waals surface area contributed by atoms with Crippen molar-refractivity contribution in [2.75, 3.05) is 17.4 Å². The number of hydrogen-bond acceptors (Lipinski definition) is 7. The van der Waals surface area contributed by atoms with Crippen molar-refractivity contribution in [2.24, 2.45) is 5.92 Å². The third kappa shape index (κ3) is 6.23. The van der Waals surface area contributed by atoms with Crippen molar-refractivity contribution >= 4 is 27.7 Å². The fraction of sp³-hybridized carbons (Fsp3) is 0.417. The maximum atomic E-state index is 13.8. The number of hydroxylamine groups is 1. The molecule has 0 aromatic heterocycles. The van der Waals surface area contributed by atoms with Crippen LogP contribution < -0.4 is 9.79 Å². The van der Waals surface area contributed by atoms with E-state index in [1.54, 1.807) is 44.5 Å². The van der Waals surface area contributed by atoms with Crippen LogP contribution in [0.1, 0.15) is 33.6 Å². The molecule has 0 radical (unpaired) electrons. The Balaban J connectivity index is 1.98. The summed E-state index contributed by atoms with van der Waals surface area (Å²) in [6, 6.07) is 11.8. The zero-order valence-electron chi connectivity index (χ0n) is 19.9. The first-order valence-corrected chi connectivity index (χ1v) is 12.7. The number of benzene rings is 2. The molecule has 1 atom stereocenters. The first-order chi connectivity index (χ1) is 16.4. The largest absolute Gasteiger partial charge is 0.508 e.